The Hall–Kier alpha value is -1.57. The van der Waals surface area contributed by atoms with Crippen LogP contribution in [-0.4, -0.2) is 25.9 Å². The number of ether oxygens (including phenoxy) is 2. The van der Waals surface area contributed by atoms with Gasteiger partial charge in [0.05, 0.1) is 5.60 Å². The molecule has 98 valence electrons. The van der Waals surface area contributed by atoms with E-state index in [-0.39, 0.29) is 12.2 Å². The molecule has 0 aliphatic heterocycles. The molecule has 1 aromatic carbocycles. The number of para-hydroxylation sites is 1. The lowest BCUT2D eigenvalue weighted by atomic mass is 10.1. The third-order valence-corrected chi connectivity index (χ3v) is 2.68. The van der Waals surface area contributed by atoms with Gasteiger partial charge in [-0.05, 0) is 19.9 Å². The van der Waals surface area contributed by atoms with Gasteiger partial charge in [0.1, 0.15) is 11.8 Å². The van der Waals surface area contributed by atoms with Gasteiger partial charge in [-0.3, -0.25) is 0 Å². The fraction of sp³-hybridized carbons (Fsp3) is 0.500. The third kappa shape index (κ3) is 4.74. The van der Waals surface area contributed by atoms with Crippen LogP contribution in [0.1, 0.15) is 19.4 Å². The first-order chi connectivity index (χ1) is 8.59. The van der Waals surface area contributed by atoms with Crippen molar-refractivity contribution in [2.45, 2.75) is 26.0 Å². The maximum absolute atomic E-state index is 8.53. The van der Waals surface area contributed by atoms with Gasteiger partial charge in [0.25, 0.3) is 0 Å². The summed E-state index contributed by atoms with van der Waals surface area (Å²) in [7, 11) is 1.70. The van der Waals surface area contributed by atoms with Crippen LogP contribution < -0.4 is 10.1 Å². The standard InChI is InChI=1S/C14H20N2O2/c1-14(2,17-3)11-16-10-12-6-4-5-7-13(12)18-9-8-15/h4-7,16H,9-11H2,1-3H3. The maximum Gasteiger partial charge on any atom is 0.174 e. The zero-order valence-corrected chi connectivity index (χ0v) is 11.2. The number of benzene rings is 1. The predicted molar refractivity (Wildman–Crippen MR) is 70.3 cm³/mol. The molecular formula is C14H20N2O2. The van der Waals surface area contributed by atoms with E-state index in [0.717, 1.165) is 17.9 Å². The van der Waals surface area contributed by atoms with Gasteiger partial charge in [-0.2, -0.15) is 5.26 Å². The quantitative estimate of drug-likeness (QED) is 0.803. The summed E-state index contributed by atoms with van der Waals surface area (Å²) >= 11 is 0. The number of nitrogens with one attached hydrogen (secondary N) is 1. The third-order valence-electron chi connectivity index (χ3n) is 2.68. The van der Waals surface area contributed by atoms with Gasteiger partial charge in [-0.25, -0.2) is 0 Å². The van der Waals surface area contributed by atoms with Crippen molar-refractivity contribution in [1.82, 2.24) is 5.32 Å². The van der Waals surface area contributed by atoms with Crippen molar-refractivity contribution in [3.05, 3.63) is 29.8 Å². The zero-order valence-electron chi connectivity index (χ0n) is 11.2. The van der Waals surface area contributed by atoms with E-state index in [9.17, 15) is 0 Å². The van der Waals surface area contributed by atoms with Gasteiger partial charge in [0.2, 0.25) is 0 Å². The van der Waals surface area contributed by atoms with E-state index in [0.29, 0.717) is 6.54 Å². The van der Waals surface area contributed by atoms with E-state index in [4.69, 9.17) is 14.7 Å². The highest BCUT2D eigenvalue weighted by Gasteiger charge is 2.15. The number of hydrogen-bond donors (Lipinski definition) is 1. The van der Waals surface area contributed by atoms with Crippen LogP contribution in [0.15, 0.2) is 24.3 Å². The van der Waals surface area contributed by atoms with Gasteiger partial charge in [0.15, 0.2) is 6.61 Å². The summed E-state index contributed by atoms with van der Waals surface area (Å²) in [5.41, 5.74) is 0.849. The fourth-order valence-electron chi connectivity index (χ4n) is 1.47. The minimum atomic E-state index is -0.192. The van der Waals surface area contributed by atoms with Gasteiger partial charge >= 0.3 is 0 Å². The van der Waals surface area contributed by atoms with Crippen LogP contribution in [0.5, 0.6) is 5.75 Å². The van der Waals surface area contributed by atoms with Crippen LogP contribution in [0, 0.1) is 11.3 Å². The molecule has 0 spiro atoms. The summed E-state index contributed by atoms with van der Waals surface area (Å²) < 4.78 is 10.7. The highest BCUT2D eigenvalue weighted by atomic mass is 16.5. The molecular weight excluding hydrogens is 228 g/mol. The molecule has 1 N–H and O–H groups in total. The topological polar surface area (TPSA) is 54.3 Å². The Balaban J connectivity index is 2.54. The molecule has 0 unspecified atom stereocenters. The van der Waals surface area contributed by atoms with Crippen LogP contribution in [-0.2, 0) is 11.3 Å². The van der Waals surface area contributed by atoms with Crippen molar-refractivity contribution < 1.29 is 9.47 Å². The Morgan fingerprint density at radius 3 is 2.72 bits per heavy atom. The summed E-state index contributed by atoms with van der Waals surface area (Å²) in [6, 6.07) is 9.68. The van der Waals surface area contributed by atoms with Crippen molar-refractivity contribution in [3.63, 3.8) is 0 Å². The van der Waals surface area contributed by atoms with Crippen LogP contribution in [0.2, 0.25) is 0 Å². The van der Waals surface area contributed by atoms with Gasteiger partial charge in [-0.15, -0.1) is 0 Å². The Labute approximate surface area is 109 Å². The fourth-order valence-corrected chi connectivity index (χ4v) is 1.47. The molecule has 0 aliphatic rings. The minimum Gasteiger partial charge on any atom is -0.478 e. The van der Waals surface area contributed by atoms with Gasteiger partial charge in [0, 0.05) is 25.8 Å². The molecule has 0 heterocycles. The summed E-state index contributed by atoms with van der Waals surface area (Å²) in [4.78, 5) is 0. The largest absolute Gasteiger partial charge is 0.478 e. The van der Waals surface area contributed by atoms with Crippen molar-refractivity contribution >= 4 is 0 Å². The van der Waals surface area contributed by atoms with E-state index in [2.05, 4.69) is 5.32 Å². The first-order valence-corrected chi connectivity index (χ1v) is 5.92. The molecule has 0 bridgehead atoms. The number of nitrogens with zero attached hydrogens (tertiary/aromatic N) is 1. The van der Waals surface area contributed by atoms with Crippen LogP contribution in [0.3, 0.4) is 0 Å². The van der Waals surface area contributed by atoms with Crippen molar-refractivity contribution in [2.24, 2.45) is 0 Å². The van der Waals surface area contributed by atoms with Crippen molar-refractivity contribution in [1.29, 1.82) is 5.26 Å². The highest BCUT2D eigenvalue weighted by Crippen LogP contribution is 2.17. The molecule has 1 rings (SSSR count). The van der Waals surface area contributed by atoms with Crippen LogP contribution in [0.4, 0.5) is 0 Å². The molecule has 0 atom stereocenters. The van der Waals surface area contributed by atoms with Crippen molar-refractivity contribution in [2.75, 3.05) is 20.3 Å². The van der Waals surface area contributed by atoms with E-state index in [1.54, 1.807) is 7.11 Å². The lowest BCUT2D eigenvalue weighted by Crippen LogP contribution is -2.36. The highest BCUT2D eigenvalue weighted by molar-refractivity contribution is 5.33. The summed E-state index contributed by atoms with van der Waals surface area (Å²) in [5.74, 6) is 0.752. The number of nitriles is 1. The second-order valence-corrected chi connectivity index (χ2v) is 4.62. The number of hydrogen-bond acceptors (Lipinski definition) is 4. The Kier molecular flexibility index (Phi) is 5.63. The average Bonchev–Trinajstić information content (AvgIpc) is 2.37. The molecule has 18 heavy (non-hydrogen) atoms. The molecule has 0 radical (unpaired) electrons. The predicted octanol–water partition coefficient (Wildman–Crippen LogP) is 2.10. The SMILES string of the molecule is COC(C)(C)CNCc1ccccc1OCC#N. The Morgan fingerprint density at radius 1 is 1.33 bits per heavy atom. The summed E-state index contributed by atoms with van der Waals surface area (Å²) in [5, 5.41) is 11.8. The first-order valence-electron chi connectivity index (χ1n) is 5.92. The molecule has 0 saturated carbocycles. The second kappa shape index (κ2) is 7.00. The monoisotopic (exact) mass is 248 g/mol. The molecule has 4 heteroatoms. The molecule has 4 nitrogen and oxygen atoms in total. The Bertz CT molecular complexity index is 411. The van der Waals surface area contributed by atoms with Crippen molar-refractivity contribution in [3.8, 4) is 11.8 Å². The molecule has 0 saturated heterocycles. The first kappa shape index (κ1) is 14.5. The summed E-state index contributed by atoms with van der Waals surface area (Å²) in [6.07, 6.45) is 0. The molecule has 0 amide bonds. The Morgan fingerprint density at radius 2 is 2.06 bits per heavy atom. The minimum absolute atomic E-state index is 0.0700. The number of methoxy groups -OCH3 is 1. The lowest BCUT2D eigenvalue weighted by Gasteiger charge is -2.23. The number of rotatable bonds is 7. The van der Waals surface area contributed by atoms with E-state index >= 15 is 0 Å². The average molecular weight is 248 g/mol. The lowest BCUT2D eigenvalue weighted by molar-refractivity contribution is 0.0230. The normalized spacial score (nSPS) is 11.0. The molecule has 0 fully saturated rings. The smallest absolute Gasteiger partial charge is 0.174 e. The van der Waals surface area contributed by atoms with E-state index < -0.39 is 0 Å². The van der Waals surface area contributed by atoms with Gasteiger partial charge in [-0.1, -0.05) is 18.2 Å². The second-order valence-electron chi connectivity index (χ2n) is 4.62. The van der Waals surface area contributed by atoms with E-state index in [1.165, 1.54) is 0 Å². The molecule has 0 aliphatic carbocycles. The molecule has 0 aromatic heterocycles. The van der Waals surface area contributed by atoms with Crippen LogP contribution in [0.25, 0.3) is 0 Å². The summed E-state index contributed by atoms with van der Waals surface area (Å²) in [6.45, 7) is 5.56. The molecule has 1 aromatic rings. The van der Waals surface area contributed by atoms with Gasteiger partial charge < -0.3 is 14.8 Å². The van der Waals surface area contributed by atoms with E-state index in [1.807, 2.05) is 44.2 Å². The zero-order chi connectivity index (χ0) is 13.4. The maximum atomic E-state index is 8.53. The van der Waals surface area contributed by atoms with Crippen LogP contribution >= 0.6 is 0 Å².